The van der Waals surface area contributed by atoms with Crippen LogP contribution in [0.2, 0.25) is 0 Å². The van der Waals surface area contributed by atoms with Crippen LogP contribution in [0.3, 0.4) is 0 Å². The molecule has 4 rings (SSSR count). The van der Waals surface area contributed by atoms with Crippen molar-refractivity contribution in [1.29, 1.82) is 0 Å². The fourth-order valence-corrected chi connectivity index (χ4v) is 3.93. The molecule has 152 valence electrons. The number of rotatable bonds is 8. The van der Waals surface area contributed by atoms with Crippen LogP contribution in [0.15, 0.2) is 78.0 Å². The molecule has 1 unspecified atom stereocenters. The Bertz CT molecular complexity index is 1070. The predicted octanol–water partition coefficient (Wildman–Crippen LogP) is 4.43. The molecule has 0 aliphatic carbocycles. The van der Waals surface area contributed by atoms with E-state index in [0.29, 0.717) is 0 Å². The van der Waals surface area contributed by atoms with Gasteiger partial charge in [0.2, 0.25) is 0 Å². The van der Waals surface area contributed by atoms with Crippen LogP contribution in [-0.2, 0) is 20.9 Å². The van der Waals surface area contributed by atoms with Crippen molar-refractivity contribution in [2.45, 2.75) is 12.0 Å². The summed E-state index contributed by atoms with van der Waals surface area (Å²) in [7, 11) is 0. The molecule has 0 saturated carbocycles. The summed E-state index contributed by atoms with van der Waals surface area (Å²) in [6, 6.07) is 23.5. The first-order chi connectivity index (χ1) is 14.7. The summed E-state index contributed by atoms with van der Waals surface area (Å²) >= 11 is 0.884. The fourth-order valence-electron chi connectivity index (χ4n) is 3.07. The zero-order valence-corrected chi connectivity index (χ0v) is 17.0. The number of oxime groups is 1. The molecule has 0 radical (unpaired) electrons. The summed E-state index contributed by atoms with van der Waals surface area (Å²) in [5.41, 5.74) is 0.986. The number of hydrogen-bond acceptors (Lipinski definition) is 6. The van der Waals surface area contributed by atoms with Crippen LogP contribution in [0.25, 0.3) is 10.8 Å². The summed E-state index contributed by atoms with van der Waals surface area (Å²) in [6.45, 7) is 0.587. The molecule has 1 heterocycles. The monoisotopic (exact) mass is 420 g/mol. The van der Waals surface area contributed by atoms with Crippen molar-refractivity contribution in [3.63, 3.8) is 0 Å². The van der Waals surface area contributed by atoms with E-state index in [4.69, 9.17) is 9.57 Å². The molecule has 6 nitrogen and oxygen atoms in total. The van der Waals surface area contributed by atoms with E-state index in [2.05, 4.69) is 11.2 Å². The molecule has 7 heteroatoms. The summed E-state index contributed by atoms with van der Waals surface area (Å²) in [6.07, 6.45) is 1.63. The molecule has 2 amide bonds. The average Bonchev–Trinajstić information content (AvgIpc) is 3.04. The van der Waals surface area contributed by atoms with Gasteiger partial charge >= 0.3 is 0 Å². The Morgan fingerprint density at radius 3 is 2.53 bits per heavy atom. The van der Waals surface area contributed by atoms with E-state index in [0.717, 1.165) is 28.3 Å². The van der Waals surface area contributed by atoms with Crippen LogP contribution >= 0.6 is 11.8 Å². The van der Waals surface area contributed by atoms with Gasteiger partial charge in [0.05, 0.1) is 19.4 Å². The zero-order valence-electron chi connectivity index (χ0n) is 16.1. The molecule has 1 saturated heterocycles. The first kappa shape index (κ1) is 20.1. The largest absolute Gasteiger partial charge is 0.393 e. The maximum Gasteiger partial charge on any atom is 0.291 e. The molecular formula is C23H20N2O4S. The summed E-state index contributed by atoms with van der Waals surface area (Å²) in [5, 5.41) is 5.94. The van der Waals surface area contributed by atoms with E-state index in [1.165, 1.54) is 10.3 Å². The fraction of sp³-hybridized carbons (Fsp3) is 0.174. The van der Waals surface area contributed by atoms with E-state index in [1.54, 1.807) is 6.21 Å². The van der Waals surface area contributed by atoms with Crippen molar-refractivity contribution < 1.29 is 19.2 Å². The maximum absolute atomic E-state index is 12.4. The minimum atomic E-state index is -0.839. The van der Waals surface area contributed by atoms with Gasteiger partial charge in [-0.05, 0) is 39.7 Å². The number of thioether (sulfide) groups is 1. The molecule has 0 N–H and O–H groups in total. The molecule has 0 spiro atoms. The quantitative estimate of drug-likeness (QED) is 0.306. The highest BCUT2D eigenvalue weighted by Gasteiger charge is 2.40. The number of ether oxygens (including phenoxy) is 1. The van der Waals surface area contributed by atoms with Crippen LogP contribution in [0.4, 0.5) is 4.79 Å². The second kappa shape index (κ2) is 9.56. The molecule has 1 aliphatic rings. The number of benzene rings is 3. The van der Waals surface area contributed by atoms with Crippen LogP contribution in [-0.4, -0.2) is 40.9 Å². The van der Waals surface area contributed by atoms with Crippen LogP contribution < -0.4 is 0 Å². The zero-order chi connectivity index (χ0) is 20.8. The molecule has 1 aliphatic heterocycles. The standard InChI is InChI=1S/C23H20N2O4S/c26-21-22(30-23(27)25(21)16-17-6-2-1-3-7-17)28-12-13-29-24-15-18-10-11-19-8-4-5-9-20(19)14-18/h1-11,14-15,22H,12-13,16H2. The SMILES string of the molecule is O=C1SC(OCCON=Cc2ccc3ccccc3c2)C(=O)N1Cc1ccccc1. The van der Waals surface area contributed by atoms with Gasteiger partial charge in [-0.3, -0.25) is 14.5 Å². The van der Waals surface area contributed by atoms with Gasteiger partial charge < -0.3 is 9.57 Å². The van der Waals surface area contributed by atoms with Crippen molar-refractivity contribution >= 4 is 39.9 Å². The lowest BCUT2D eigenvalue weighted by Crippen LogP contribution is -2.32. The van der Waals surface area contributed by atoms with Gasteiger partial charge in [0.25, 0.3) is 11.1 Å². The van der Waals surface area contributed by atoms with E-state index >= 15 is 0 Å². The number of fused-ring (bicyclic) bond motifs is 1. The Morgan fingerprint density at radius 2 is 1.70 bits per heavy atom. The van der Waals surface area contributed by atoms with Crippen LogP contribution in [0, 0.1) is 0 Å². The third-order valence-electron chi connectivity index (χ3n) is 4.57. The number of amides is 2. The molecule has 0 bridgehead atoms. The topological polar surface area (TPSA) is 68.2 Å². The van der Waals surface area contributed by atoms with Gasteiger partial charge in [0, 0.05) is 0 Å². The van der Waals surface area contributed by atoms with Crippen molar-refractivity contribution in [1.82, 2.24) is 4.90 Å². The van der Waals surface area contributed by atoms with Gasteiger partial charge in [0.1, 0.15) is 6.61 Å². The van der Waals surface area contributed by atoms with E-state index < -0.39 is 5.44 Å². The number of imide groups is 1. The number of carbonyl (C=O) groups is 2. The molecule has 30 heavy (non-hydrogen) atoms. The Balaban J connectivity index is 1.22. The molecular weight excluding hydrogens is 400 g/mol. The van der Waals surface area contributed by atoms with Crippen LogP contribution in [0.1, 0.15) is 11.1 Å². The first-order valence-electron chi connectivity index (χ1n) is 9.52. The molecule has 3 aromatic rings. The Morgan fingerprint density at radius 1 is 0.933 bits per heavy atom. The van der Waals surface area contributed by atoms with Crippen molar-refractivity contribution in [2.24, 2.45) is 5.16 Å². The molecule has 0 aromatic heterocycles. The Labute approximate surface area is 178 Å². The average molecular weight is 420 g/mol. The summed E-state index contributed by atoms with van der Waals surface area (Å²) < 4.78 is 5.52. The van der Waals surface area contributed by atoms with Gasteiger partial charge in [-0.2, -0.15) is 0 Å². The first-order valence-corrected chi connectivity index (χ1v) is 10.4. The highest BCUT2D eigenvalue weighted by Crippen LogP contribution is 2.29. The lowest BCUT2D eigenvalue weighted by atomic mass is 10.1. The smallest absolute Gasteiger partial charge is 0.291 e. The van der Waals surface area contributed by atoms with Crippen molar-refractivity contribution in [3.05, 3.63) is 83.9 Å². The van der Waals surface area contributed by atoms with Gasteiger partial charge in [0.15, 0.2) is 5.44 Å². The van der Waals surface area contributed by atoms with Crippen molar-refractivity contribution in [2.75, 3.05) is 13.2 Å². The highest BCUT2D eigenvalue weighted by molar-refractivity contribution is 8.15. The summed E-state index contributed by atoms with van der Waals surface area (Å²) in [5.74, 6) is -0.339. The number of hydrogen-bond donors (Lipinski definition) is 0. The molecule has 3 aromatic carbocycles. The Kier molecular flexibility index (Phi) is 6.41. The van der Waals surface area contributed by atoms with Crippen LogP contribution in [0.5, 0.6) is 0 Å². The second-order valence-electron chi connectivity index (χ2n) is 6.67. The number of nitrogens with zero attached hydrogens (tertiary/aromatic N) is 2. The predicted molar refractivity (Wildman–Crippen MR) is 117 cm³/mol. The van der Waals surface area contributed by atoms with E-state index in [-0.39, 0.29) is 30.9 Å². The number of carbonyl (C=O) groups excluding carboxylic acids is 2. The van der Waals surface area contributed by atoms with E-state index in [9.17, 15) is 9.59 Å². The third kappa shape index (κ3) is 4.87. The van der Waals surface area contributed by atoms with Gasteiger partial charge in [-0.15, -0.1) is 0 Å². The third-order valence-corrected chi connectivity index (χ3v) is 5.55. The van der Waals surface area contributed by atoms with Gasteiger partial charge in [-0.1, -0.05) is 71.9 Å². The second-order valence-corrected chi connectivity index (χ2v) is 7.68. The lowest BCUT2D eigenvalue weighted by Gasteiger charge is -2.13. The summed E-state index contributed by atoms with van der Waals surface area (Å²) in [4.78, 5) is 31.0. The molecule has 1 atom stereocenters. The minimum Gasteiger partial charge on any atom is -0.393 e. The lowest BCUT2D eigenvalue weighted by molar-refractivity contribution is -0.134. The Hall–Kier alpha value is -3.16. The maximum atomic E-state index is 12.4. The normalized spacial score (nSPS) is 16.7. The van der Waals surface area contributed by atoms with Crippen molar-refractivity contribution in [3.8, 4) is 0 Å². The highest BCUT2D eigenvalue weighted by atomic mass is 32.2. The van der Waals surface area contributed by atoms with Gasteiger partial charge in [-0.25, -0.2) is 0 Å². The van der Waals surface area contributed by atoms with E-state index in [1.807, 2.05) is 66.7 Å². The minimum absolute atomic E-state index is 0.158. The molecule has 1 fully saturated rings.